The SMILES string of the molecule is O=C(c1ccccc1C1NNNN1)N1CCC(O)(c2ccccc2)CC1. The predicted octanol–water partition coefficient (Wildman–Crippen LogP) is 0.926. The summed E-state index contributed by atoms with van der Waals surface area (Å²) in [7, 11) is 0. The Hall–Kier alpha value is -2.29. The highest BCUT2D eigenvalue weighted by Crippen LogP contribution is 2.33. The van der Waals surface area contributed by atoms with E-state index in [4.69, 9.17) is 0 Å². The molecule has 2 saturated heterocycles. The third kappa shape index (κ3) is 3.23. The van der Waals surface area contributed by atoms with E-state index in [0.29, 0.717) is 31.5 Å². The van der Waals surface area contributed by atoms with Crippen LogP contribution < -0.4 is 21.9 Å². The number of hydrogen-bond acceptors (Lipinski definition) is 6. The first-order valence-corrected chi connectivity index (χ1v) is 8.84. The molecule has 0 aromatic heterocycles. The van der Waals surface area contributed by atoms with Crippen LogP contribution in [0.25, 0.3) is 0 Å². The molecule has 7 heteroatoms. The lowest BCUT2D eigenvalue weighted by molar-refractivity contribution is -0.0211. The van der Waals surface area contributed by atoms with Gasteiger partial charge in [-0.2, -0.15) is 11.1 Å². The summed E-state index contributed by atoms with van der Waals surface area (Å²) in [6, 6.07) is 17.3. The van der Waals surface area contributed by atoms with E-state index in [0.717, 1.165) is 11.1 Å². The van der Waals surface area contributed by atoms with Crippen molar-refractivity contribution >= 4 is 5.91 Å². The van der Waals surface area contributed by atoms with E-state index in [1.165, 1.54) is 0 Å². The van der Waals surface area contributed by atoms with E-state index >= 15 is 0 Å². The summed E-state index contributed by atoms with van der Waals surface area (Å²) in [5.74, 6) is -0.00814. The molecular formula is C19H23N5O2. The fraction of sp³-hybridized carbons (Fsp3) is 0.316. The van der Waals surface area contributed by atoms with Crippen LogP contribution in [-0.4, -0.2) is 29.0 Å². The first-order chi connectivity index (χ1) is 12.7. The minimum absolute atomic E-state index is 0.00814. The second-order valence-corrected chi connectivity index (χ2v) is 6.75. The summed E-state index contributed by atoms with van der Waals surface area (Å²) >= 11 is 0. The molecule has 4 rings (SSSR count). The van der Waals surface area contributed by atoms with Gasteiger partial charge in [0.05, 0.1) is 5.60 Å². The molecule has 0 spiro atoms. The first-order valence-electron chi connectivity index (χ1n) is 8.84. The molecule has 5 N–H and O–H groups in total. The second kappa shape index (κ2) is 7.14. The lowest BCUT2D eigenvalue weighted by Gasteiger charge is -2.38. The van der Waals surface area contributed by atoms with Crippen LogP contribution in [0.4, 0.5) is 0 Å². The highest BCUT2D eigenvalue weighted by molar-refractivity contribution is 5.96. The zero-order chi connectivity index (χ0) is 18.0. The Balaban J connectivity index is 1.49. The van der Waals surface area contributed by atoms with Crippen LogP contribution in [-0.2, 0) is 5.60 Å². The number of piperidine rings is 1. The molecule has 0 saturated carbocycles. The van der Waals surface area contributed by atoms with Crippen molar-refractivity contribution in [2.45, 2.75) is 24.6 Å². The smallest absolute Gasteiger partial charge is 0.254 e. The van der Waals surface area contributed by atoms with Crippen molar-refractivity contribution in [3.8, 4) is 0 Å². The number of rotatable bonds is 3. The van der Waals surface area contributed by atoms with E-state index in [1.54, 1.807) is 0 Å². The lowest BCUT2D eigenvalue weighted by Crippen LogP contribution is -2.45. The van der Waals surface area contributed by atoms with Gasteiger partial charge in [0.1, 0.15) is 6.17 Å². The van der Waals surface area contributed by atoms with Crippen LogP contribution in [0.2, 0.25) is 0 Å². The van der Waals surface area contributed by atoms with Gasteiger partial charge in [-0.15, -0.1) is 0 Å². The molecule has 0 bridgehead atoms. The lowest BCUT2D eigenvalue weighted by atomic mass is 9.84. The van der Waals surface area contributed by atoms with Crippen molar-refractivity contribution in [1.29, 1.82) is 0 Å². The summed E-state index contributed by atoms with van der Waals surface area (Å²) in [5.41, 5.74) is 13.2. The van der Waals surface area contributed by atoms with Crippen molar-refractivity contribution in [2.75, 3.05) is 13.1 Å². The van der Waals surface area contributed by atoms with Crippen LogP contribution in [0.1, 0.15) is 40.5 Å². The summed E-state index contributed by atoms with van der Waals surface area (Å²) in [6.45, 7) is 1.06. The third-order valence-electron chi connectivity index (χ3n) is 5.19. The van der Waals surface area contributed by atoms with Gasteiger partial charge in [0.15, 0.2) is 0 Å². The normalized spacial score (nSPS) is 20.3. The molecule has 2 fully saturated rings. The molecule has 2 aliphatic heterocycles. The fourth-order valence-electron chi connectivity index (χ4n) is 3.64. The van der Waals surface area contributed by atoms with E-state index in [2.05, 4.69) is 21.9 Å². The molecule has 0 atom stereocenters. The average molecular weight is 353 g/mol. The van der Waals surface area contributed by atoms with Crippen molar-refractivity contribution in [2.24, 2.45) is 0 Å². The van der Waals surface area contributed by atoms with Gasteiger partial charge in [0.2, 0.25) is 0 Å². The number of carbonyl (C=O) groups excluding carboxylic acids is 1. The largest absolute Gasteiger partial charge is 0.385 e. The summed E-state index contributed by atoms with van der Waals surface area (Å²) in [5, 5.41) is 11.0. The maximum Gasteiger partial charge on any atom is 0.254 e. The van der Waals surface area contributed by atoms with Crippen molar-refractivity contribution in [3.05, 3.63) is 71.3 Å². The minimum Gasteiger partial charge on any atom is -0.385 e. The monoisotopic (exact) mass is 353 g/mol. The van der Waals surface area contributed by atoms with Crippen LogP contribution >= 0.6 is 0 Å². The Bertz CT molecular complexity index is 769. The molecule has 2 aliphatic rings. The van der Waals surface area contributed by atoms with Gasteiger partial charge in [-0.25, -0.2) is 10.9 Å². The Morgan fingerprint density at radius 2 is 1.58 bits per heavy atom. The summed E-state index contributed by atoms with van der Waals surface area (Å²) < 4.78 is 0. The highest BCUT2D eigenvalue weighted by Gasteiger charge is 2.36. The fourth-order valence-corrected chi connectivity index (χ4v) is 3.64. The number of nitrogens with one attached hydrogen (secondary N) is 4. The zero-order valence-electron chi connectivity index (χ0n) is 14.4. The Kier molecular flexibility index (Phi) is 4.71. The number of nitrogens with zero attached hydrogens (tertiary/aromatic N) is 1. The zero-order valence-corrected chi connectivity index (χ0v) is 14.4. The van der Waals surface area contributed by atoms with E-state index in [1.807, 2.05) is 59.5 Å². The van der Waals surface area contributed by atoms with Gasteiger partial charge in [-0.1, -0.05) is 48.5 Å². The summed E-state index contributed by atoms with van der Waals surface area (Å²) in [6.07, 6.45) is 0.878. The van der Waals surface area contributed by atoms with E-state index < -0.39 is 5.60 Å². The Labute approximate surface area is 152 Å². The molecule has 1 amide bonds. The maximum absolute atomic E-state index is 13.1. The van der Waals surface area contributed by atoms with Crippen molar-refractivity contribution in [3.63, 3.8) is 0 Å². The molecule has 0 radical (unpaired) electrons. The number of likely N-dealkylation sites (tertiary alicyclic amines) is 1. The van der Waals surface area contributed by atoms with Gasteiger partial charge in [-0.3, -0.25) is 4.79 Å². The second-order valence-electron chi connectivity index (χ2n) is 6.75. The number of amides is 1. The van der Waals surface area contributed by atoms with Gasteiger partial charge in [0.25, 0.3) is 5.91 Å². The number of carbonyl (C=O) groups is 1. The Morgan fingerprint density at radius 3 is 2.27 bits per heavy atom. The standard InChI is InChI=1S/C19H23N5O2/c25-18(16-9-5-4-8-15(16)17-20-22-23-21-17)24-12-10-19(26,11-13-24)14-6-2-1-3-7-14/h1-9,17,20-23,26H,10-13H2. The molecule has 2 aromatic rings. The van der Waals surface area contributed by atoms with Crippen LogP contribution in [0.3, 0.4) is 0 Å². The number of hydrazine groups is 3. The molecule has 0 aliphatic carbocycles. The van der Waals surface area contributed by atoms with Crippen LogP contribution in [0.15, 0.2) is 54.6 Å². The molecule has 2 heterocycles. The van der Waals surface area contributed by atoms with Gasteiger partial charge in [0, 0.05) is 18.7 Å². The minimum atomic E-state index is -0.861. The van der Waals surface area contributed by atoms with E-state index in [9.17, 15) is 9.90 Å². The first kappa shape index (κ1) is 17.1. The molecule has 136 valence electrons. The number of benzene rings is 2. The molecule has 0 unspecified atom stereocenters. The average Bonchev–Trinajstić information content (AvgIpc) is 3.23. The van der Waals surface area contributed by atoms with Gasteiger partial charge >= 0.3 is 0 Å². The topological polar surface area (TPSA) is 88.7 Å². The van der Waals surface area contributed by atoms with E-state index in [-0.39, 0.29) is 12.1 Å². The van der Waals surface area contributed by atoms with Gasteiger partial charge < -0.3 is 10.0 Å². The molecule has 7 nitrogen and oxygen atoms in total. The third-order valence-corrected chi connectivity index (χ3v) is 5.19. The Morgan fingerprint density at radius 1 is 0.962 bits per heavy atom. The van der Waals surface area contributed by atoms with Crippen LogP contribution in [0, 0.1) is 0 Å². The quantitative estimate of drug-likeness (QED) is 0.564. The molecule has 26 heavy (non-hydrogen) atoms. The van der Waals surface area contributed by atoms with Crippen molar-refractivity contribution in [1.82, 2.24) is 26.8 Å². The van der Waals surface area contributed by atoms with Crippen LogP contribution in [0.5, 0.6) is 0 Å². The van der Waals surface area contributed by atoms with Crippen molar-refractivity contribution < 1.29 is 9.90 Å². The highest BCUT2D eigenvalue weighted by atomic mass is 16.3. The number of aliphatic hydroxyl groups is 1. The van der Waals surface area contributed by atoms with Gasteiger partial charge in [-0.05, 0) is 30.0 Å². The maximum atomic E-state index is 13.1. The molecule has 2 aromatic carbocycles. The molecular weight excluding hydrogens is 330 g/mol. The predicted molar refractivity (Wildman–Crippen MR) is 97.2 cm³/mol. The number of hydrogen-bond donors (Lipinski definition) is 5. The summed E-state index contributed by atoms with van der Waals surface area (Å²) in [4.78, 5) is 14.9.